The van der Waals surface area contributed by atoms with E-state index in [-0.39, 0.29) is 30.4 Å². The zero-order valence-electron chi connectivity index (χ0n) is 17.4. The van der Waals surface area contributed by atoms with Gasteiger partial charge < -0.3 is 15.0 Å². The molecule has 0 fully saturated rings. The van der Waals surface area contributed by atoms with Crippen LogP contribution in [-0.2, 0) is 21.4 Å². The van der Waals surface area contributed by atoms with Crippen LogP contribution in [0.2, 0.25) is 0 Å². The molecule has 2 aromatic carbocycles. The third-order valence-corrected chi connectivity index (χ3v) is 4.56. The molecule has 0 aromatic heterocycles. The molecular formula is C23H30N2O3. The van der Waals surface area contributed by atoms with Crippen LogP contribution in [0.15, 0.2) is 48.5 Å². The van der Waals surface area contributed by atoms with Crippen molar-refractivity contribution in [3.63, 3.8) is 0 Å². The number of rotatable bonds is 7. The van der Waals surface area contributed by atoms with E-state index in [2.05, 4.69) is 26.1 Å². The Labute approximate surface area is 167 Å². The Morgan fingerprint density at radius 2 is 1.68 bits per heavy atom. The van der Waals surface area contributed by atoms with E-state index in [9.17, 15) is 9.59 Å². The van der Waals surface area contributed by atoms with Gasteiger partial charge >= 0.3 is 0 Å². The maximum absolute atomic E-state index is 12.3. The highest BCUT2D eigenvalue weighted by Gasteiger charge is 2.16. The van der Waals surface area contributed by atoms with Crippen molar-refractivity contribution in [1.82, 2.24) is 4.90 Å². The Morgan fingerprint density at radius 3 is 2.29 bits per heavy atom. The number of hydrogen-bond acceptors (Lipinski definition) is 3. The molecule has 0 saturated heterocycles. The quantitative estimate of drug-likeness (QED) is 0.787. The number of amides is 2. The fraction of sp³-hybridized carbons (Fsp3) is 0.391. The van der Waals surface area contributed by atoms with Gasteiger partial charge in [-0.05, 0) is 41.2 Å². The fourth-order valence-electron chi connectivity index (χ4n) is 2.75. The Hall–Kier alpha value is -2.82. The Balaban J connectivity index is 1.84. The molecular weight excluding hydrogens is 352 g/mol. The SMILES string of the molecule is CCc1ccccc1NC(=O)CN(C)C(=O)COc1ccc(C(C)(C)C)cc1. The van der Waals surface area contributed by atoms with Crippen molar-refractivity contribution in [2.24, 2.45) is 0 Å². The molecule has 0 aliphatic heterocycles. The first-order valence-electron chi connectivity index (χ1n) is 9.55. The minimum Gasteiger partial charge on any atom is -0.484 e. The summed E-state index contributed by atoms with van der Waals surface area (Å²) in [5.74, 6) is 0.154. The van der Waals surface area contributed by atoms with E-state index in [0.717, 1.165) is 17.7 Å². The van der Waals surface area contributed by atoms with Crippen LogP contribution in [0.25, 0.3) is 0 Å². The summed E-state index contributed by atoms with van der Waals surface area (Å²) in [7, 11) is 1.60. The molecule has 0 unspecified atom stereocenters. The summed E-state index contributed by atoms with van der Waals surface area (Å²) < 4.78 is 5.57. The summed E-state index contributed by atoms with van der Waals surface area (Å²) in [6.07, 6.45) is 0.826. The van der Waals surface area contributed by atoms with E-state index in [0.29, 0.717) is 5.75 Å². The molecule has 28 heavy (non-hydrogen) atoms. The highest BCUT2D eigenvalue weighted by atomic mass is 16.5. The smallest absolute Gasteiger partial charge is 0.260 e. The van der Waals surface area contributed by atoms with Crippen molar-refractivity contribution in [1.29, 1.82) is 0 Å². The monoisotopic (exact) mass is 382 g/mol. The number of para-hydroxylation sites is 1. The van der Waals surface area contributed by atoms with Gasteiger partial charge in [0.2, 0.25) is 5.91 Å². The molecule has 1 N–H and O–H groups in total. The number of likely N-dealkylation sites (N-methyl/N-ethyl adjacent to an activating group) is 1. The maximum atomic E-state index is 12.3. The summed E-state index contributed by atoms with van der Waals surface area (Å²) in [4.78, 5) is 25.9. The molecule has 0 bridgehead atoms. The van der Waals surface area contributed by atoms with Gasteiger partial charge in [0.15, 0.2) is 6.61 Å². The summed E-state index contributed by atoms with van der Waals surface area (Å²) in [5.41, 5.74) is 3.11. The van der Waals surface area contributed by atoms with Crippen LogP contribution in [0.3, 0.4) is 0 Å². The zero-order chi connectivity index (χ0) is 20.7. The molecule has 150 valence electrons. The van der Waals surface area contributed by atoms with Crippen LogP contribution in [0.1, 0.15) is 38.8 Å². The summed E-state index contributed by atoms with van der Waals surface area (Å²) in [5, 5.41) is 2.87. The lowest BCUT2D eigenvalue weighted by molar-refractivity contribution is -0.135. The summed E-state index contributed by atoms with van der Waals surface area (Å²) in [6, 6.07) is 15.4. The largest absolute Gasteiger partial charge is 0.484 e. The van der Waals surface area contributed by atoms with Crippen LogP contribution in [0, 0.1) is 0 Å². The zero-order valence-corrected chi connectivity index (χ0v) is 17.4. The molecule has 0 heterocycles. The topological polar surface area (TPSA) is 58.6 Å². The number of ether oxygens (including phenoxy) is 1. The van der Waals surface area contributed by atoms with Crippen molar-refractivity contribution < 1.29 is 14.3 Å². The number of carbonyl (C=O) groups is 2. The van der Waals surface area contributed by atoms with Crippen molar-refractivity contribution in [2.45, 2.75) is 39.5 Å². The number of anilines is 1. The molecule has 0 radical (unpaired) electrons. The molecule has 2 amide bonds. The van der Waals surface area contributed by atoms with Crippen LogP contribution < -0.4 is 10.1 Å². The van der Waals surface area contributed by atoms with E-state index in [1.54, 1.807) is 7.05 Å². The van der Waals surface area contributed by atoms with Gasteiger partial charge in [0.05, 0.1) is 6.54 Å². The number of hydrogen-bond donors (Lipinski definition) is 1. The molecule has 0 spiro atoms. The minimum absolute atomic E-state index is 0.0246. The number of aryl methyl sites for hydroxylation is 1. The van der Waals surface area contributed by atoms with E-state index >= 15 is 0 Å². The summed E-state index contributed by atoms with van der Waals surface area (Å²) >= 11 is 0. The first kappa shape index (κ1) is 21.5. The van der Waals surface area contributed by atoms with Crippen molar-refractivity contribution in [2.75, 3.05) is 25.5 Å². The number of carbonyl (C=O) groups excluding carboxylic acids is 2. The molecule has 2 rings (SSSR count). The first-order chi connectivity index (χ1) is 13.2. The van der Waals surface area contributed by atoms with Crippen LogP contribution in [0.4, 0.5) is 5.69 Å². The minimum atomic E-state index is -0.251. The third kappa shape index (κ3) is 6.12. The van der Waals surface area contributed by atoms with Gasteiger partial charge in [-0.3, -0.25) is 9.59 Å². The van der Waals surface area contributed by atoms with Gasteiger partial charge in [0, 0.05) is 12.7 Å². The number of nitrogens with zero attached hydrogens (tertiary/aromatic N) is 1. The highest BCUT2D eigenvalue weighted by molar-refractivity contribution is 5.95. The van der Waals surface area contributed by atoms with Gasteiger partial charge in [0.1, 0.15) is 5.75 Å². The predicted octanol–water partition coefficient (Wildman–Crippen LogP) is 4.02. The normalized spacial score (nSPS) is 11.0. The van der Waals surface area contributed by atoms with E-state index in [1.165, 1.54) is 10.5 Å². The molecule has 0 aliphatic carbocycles. The maximum Gasteiger partial charge on any atom is 0.260 e. The highest BCUT2D eigenvalue weighted by Crippen LogP contribution is 2.24. The lowest BCUT2D eigenvalue weighted by Gasteiger charge is -2.20. The van der Waals surface area contributed by atoms with Crippen LogP contribution in [0.5, 0.6) is 5.75 Å². The Kier molecular flexibility index (Phi) is 7.21. The van der Waals surface area contributed by atoms with Crippen LogP contribution >= 0.6 is 0 Å². The average Bonchev–Trinajstić information content (AvgIpc) is 2.66. The Morgan fingerprint density at radius 1 is 1.04 bits per heavy atom. The van der Waals surface area contributed by atoms with E-state index in [1.807, 2.05) is 55.5 Å². The van der Waals surface area contributed by atoms with Gasteiger partial charge in [0.25, 0.3) is 5.91 Å². The summed E-state index contributed by atoms with van der Waals surface area (Å²) in [6.45, 7) is 8.33. The Bertz CT molecular complexity index is 807. The number of benzene rings is 2. The van der Waals surface area contributed by atoms with Crippen molar-refractivity contribution in [3.05, 3.63) is 59.7 Å². The number of nitrogens with one attached hydrogen (secondary N) is 1. The predicted molar refractivity (Wildman–Crippen MR) is 113 cm³/mol. The first-order valence-corrected chi connectivity index (χ1v) is 9.55. The second-order valence-corrected chi connectivity index (χ2v) is 7.87. The third-order valence-electron chi connectivity index (χ3n) is 4.56. The molecule has 0 atom stereocenters. The molecule has 5 nitrogen and oxygen atoms in total. The van der Waals surface area contributed by atoms with Gasteiger partial charge in [-0.1, -0.05) is 58.0 Å². The molecule has 2 aromatic rings. The van der Waals surface area contributed by atoms with E-state index in [4.69, 9.17) is 4.74 Å². The second kappa shape index (κ2) is 9.40. The van der Waals surface area contributed by atoms with Gasteiger partial charge in [-0.2, -0.15) is 0 Å². The van der Waals surface area contributed by atoms with Gasteiger partial charge in [-0.25, -0.2) is 0 Å². The molecule has 0 aliphatic rings. The lowest BCUT2D eigenvalue weighted by atomic mass is 9.87. The molecule has 0 saturated carbocycles. The second-order valence-electron chi connectivity index (χ2n) is 7.87. The standard InChI is InChI=1S/C23H30N2O3/c1-6-17-9-7-8-10-20(17)24-21(26)15-25(5)22(27)16-28-19-13-11-18(12-14-19)23(2,3)4/h7-14H,6,15-16H2,1-5H3,(H,24,26). The lowest BCUT2D eigenvalue weighted by Crippen LogP contribution is -2.37. The van der Waals surface area contributed by atoms with E-state index < -0.39 is 0 Å². The van der Waals surface area contributed by atoms with Crippen LogP contribution in [-0.4, -0.2) is 36.9 Å². The average molecular weight is 383 g/mol. The fourth-order valence-corrected chi connectivity index (χ4v) is 2.75. The van der Waals surface area contributed by atoms with Gasteiger partial charge in [-0.15, -0.1) is 0 Å². The van der Waals surface area contributed by atoms with Crippen molar-refractivity contribution >= 4 is 17.5 Å². The van der Waals surface area contributed by atoms with Crippen molar-refractivity contribution in [3.8, 4) is 5.75 Å². The molecule has 5 heteroatoms.